The molecule has 0 radical (unpaired) electrons. The molecule has 0 saturated carbocycles. The number of amides is 3. The van der Waals surface area contributed by atoms with Crippen molar-refractivity contribution >= 4 is 23.6 Å². The molecule has 3 aromatic carbocycles. The van der Waals surface area contributed by atoms with E-state index >= 15 is 0 Å². The highest BCUT2D eigenvalue weighted by molar-refractivity contribution is 6.21. The molecule has 0 spiro atoms. The van der Waals surface area contributed by atoms with Gasteiger partial charge >= 0.3 is 6.09 Å². The van der Waals surface area contributed by atoms with E-state index in [1.54, 1.807) is 24.3 Å². The van der Waals surface area contributed by atoms with Gasteiger partial charge in [0.2, 0.25) is 0 Å². The van der Waals surface area contributed by atoms with Gasteiger partial charge in [-0.15, -0.1) is 0 Å². The number of rotatable bonds is 6. The van der Waals surface area contributed by atoms with Gasteiger partial charge in [0.15, 0.2) is 0 Å². The number of carbonyl (C=O) groups is 3. The van der Waals surface area contributed by atoms with E-state index < -0.39 is 6.09 Å². The number of benzene rings is 3. The fourth-order valence-corrected chi connectivity index (χ4v) is 4.69. The molecule has 7 nitrogen and oxygen atoms in total. The topological polar surface area (TPSA) is 79.0 Å². The molecule has 0 bridgehead atoms. The van der Waals surface area contributed by atoms with Gasteiger partial charge in [-0.25, -0.2) is 4.79 Å². The van der Waals surface area contributed by atoms with Gasteiger partial charge in [-0.1, -0.05) is 60.7 Å². The summed E-state index contributed by atoms with van der Waals surface area (Å²) in [5.74, 6) is -0.451. The minimum atomic E-state index is -0.460. The molecule has 0 aliphatic carbocycles. The van der Waals surface area contributed by atoms with E-state index in [9.17, 15) is 14.4 Å². The number of nitrogens with zero attached hydrogens (tertiary/aromatic N) is 2. The van der Waals surface area contributed by atoms with Crippen LogP contribution in [0.3, 0.4) is 0 Å². The van der Waals surface area contributed by atoms with Crippen LogP contribution in [0.4, 0.5) is 10.5 Å². The molecule has 3 aromatic rings. The maximum atomic E-state index is 12.6. The van der Waals surface area contributed by atoms with Gasteiger partial charge in [0.05, 0.1) is 16.8 Å². The maximum absolute atomic E-state index is 12.6. The number of hydrogen-bond donors (Lipinski definition) is 1. The molecule has 3 amide bonds. The third-order valence-corrected chi connectivity index (χ3v) is 6.57. The Bertz CT molecular complexity index is 1200. The molecule has 0 atom stereocenters. The second-order valence-electron chi connectivity index (χ2n) is 8.79. The number of ether oxygens (including phenoxy) is 1. The molecule has 1 saturated heterocycles. The number of nitrogens with one attached hydrogen (secondary N) is 1. The molecule has 1 N–H and O–H groups in total. The van der Waals surface area contributed by atoms with Crippen LogP contribution in [0.5, 0.6) is 0 Å². The van der Waals surface area contributed by atoms with Gasteiger partial charge in [-0.05, 0) is 36.6 Å². The van der Waals surface area contributed by atoms with Crippen molar-refractivity contribution in [3.05, 3.63) is 90.0 Å². The lowest BCUT2D eigenvalue weighted by Crippen LogP contribution is -2.43. The summed E-state index contributed by atoms with van der Waals surface area (Å²) in [5, 5.41) is 2.89. The fourth-order valence-electron chi connectivity index (χ4n) is 4.69. The van der Waals surface area contributed by atoms with Gasteiger partial charge in [0.25, 0.3) is 11.8 Å². The summed E-state index contributed by atoms with van der Waals surface area (Å²) in [6.45, 7) is 2.44. The fraction of sp³-hybridized carbons (Fsp3) is 0.250. The van der Waals surface area contributed by atoms with Crippen molar-refractivity contribution in [2.75, 3.05) is 31.5 Å². The molecule has 35 heavy (non-hydrogen) atoms. The van der Waals surface area contributed by atoms with E-state index in [1.165, 1.54) is 4.90 Å². The Kier molecular flexibility index (Phi) is 6.59. The van der Waals surface area contributed by atoms with E-state index in [1.807, 2.05) is 54.6 Å². The van der Waals surface area contributed by atoms with Crippen molar-refractivity contribution < 1.29 is 19.1 Å². The van der Waals surface area contributed by atoms with Crippen molar-refractivity contribution in [3.8, 4) is 11.1 Å². The smallest absolute Gasteiger partial charge is 0.411 e. The molecule has 2 heterocycles. The first-order valence-electron chi connectivity index (χ1n) is 11.9. The quantitative estimate of drug-likeness (QED) is 0.531. The summed E-state index contributed by atoms with van der Waals surface area (Å²) in [4.78, 5) is 41.2. The number of anilines is 1. The molecule has 0 unspecified atom stereocenters. The zero-order valence-corrected chi connectivity index (χ0v) is 19.4. The van der Waals surface area contributed by atoms with E-state index in [-0.39, 0.29) is 17.9 Å². The Hall–Kier alpha value is -3.97. The molecule has 1 fully saturated rings. The van der Waals surface area contributed by atoms with Crippen LogP contribution < -0.4 is 5.32 Å². The monoisotopic (exact) mass is 469 g/mol. The average molecular weight is 470 g/mol. The Balaban J connectivity index is 1.10. The first kappa shape index (κ1) is 22.8. The first-order chi connectivity index (χ1) is 17.1. The molecule has 7 heteroatoms. The van der Waals surface area contributed by atoms with Crippen LogP contribution in [0.2, 0.25) is 0 Å². The van der Waals surface area contributed by atoms with Crippen LogP contribution in [-0.2, 0) is 4.74 Å². The van der Waals surface area contributed by atoms with E-state index in [2.05, 4.69) is 10.2 Å². The van der Waals surface area contributed by atoms with Gasteiger partial charge in [0, 0.05) is 31.7 Å². The minimum Gasteiger partial charge on any atom is -0.446 e. The highest BCUT2D eigenvalue weighted by Gasteiger charge is 2.35. The SMILES string of the molecule is O=C(Nc1ccccc1-c1ccccc1)OC1CCN(CCN2C(=O)c3ccccc3C2=O)CC1. The Morgan fingerprint density at radius 2 is 1.34 bits per heavy atom. The van der Waals surface area contributed by atoms with Crippen molar-refractivity contribution in [2.45, 2.75) is 18.9 Å². The van der Waals surface area contributed by atoms with Crippen LogP contribution in [-0.4, -0.2) is 60.0 Å². The van der Waals surface area contributed by atoms with Gasteiger partial charge in [-0.2, -0.15) is 0 Å². The third kappa shape index (κ3) is 4.95. The van der Waals surface area contributed by atoms with E-state index in [0.717, 1.165) is 24.2 Å². The molecule has 178 valence electrons. The molecular formula is C28H27N3O4. The molecular weight excluding hydrogens is 442 g/mol. The second kappa shape index (κ2) is 10.1. The summed E-state index contributed by atoms with van der Waals surface area (Å²) in [7, 11) is 0. The van der Waals surface area contributed by atoms with E-state index in [4.69, 9.17) is 4.74 Å². The standard InChI is InChI=1S/C28H27N3O4/c32-26-23-11-4-5-12-24(23)27(33)31(26)19-18-30-16-14-21(15-17-30)35-28(34)29-25-13-7-6-10-22(25)20-8-2-1-3-9-20/h1-13,21H,14-19H2,(H,29,34). The predicted molar refractivity (Wildman–Crippen MR) is 133 cm³/mol. The lowest BCUT2D eigenvalue weighted by atomic mass is 10.0. The normalized spacial score (nSPS) is 16.3. The zero-order chi connectivity index (χ0) is 24.2. The Labute approximate surface area is 204 Å². The number of imide groups is 1. The Morgan fingerprint density at radius 3 is 2.00 bits per heavy atom. The number of piperidine rings is 1. The lowest BCUT2D eigenvalue weighted by molar-refractivity contribution is 0.0498. The Morgan fingerprint density at radius 1 is 0.771 bits per heavy atom. The number of fused-ring (bicyclic) bond motifs is 1. The largest absolute Gasteiger partial charge is 0.446 e. The highest BCUT2D eigenvalue weighted by atomic mass is 16.6. The molecule has 2 aliphatic heterocycles. The van der Waals surface area contributed by atoms with Crippen LogP contribution in [0.15, 0.2) is 78.9 Å². The summed E-state index contributed by atoms with van der Waals surface area (Å²) in [6.07, 6.45) is 0.776. The van der Waals surface area contributed by atoms with Crippen LogP contribution in [0.25, 0.3) is 11.1 Å². The van der Waals surface area contributed by atoms with Crippen molar-refractivity contribution in [3.63, 3.8) is 0 Å². The number of para-hydroxylation sites is 1. The van der Waals surface area contributed by atoms with Crippen molar-refractivity contribution in [2.24, 2.45) is 0 Å². The van der Waals surface area contributed by atoms with Gasteiger partial charge in [0.1, 0.15) is 6.10 Å². The van der Waals surface area contributed by atoms with Crippen LogP contribution in [0, 0.1) is 0 Å². The van der Waals surface area contributed by atoms with Gasteiger partial charge < -0.3 is 9.64 Å². The second-order valence-corrected chi connectivity index (χ2v) is 8.79. The van der Waals surface area contributed by atoms with Gasteiger partial charge in [-0.3, -0.25) is 19.8 Å². The minimum absolute atomic E-state index is 0.172. The zero-order valence-electron chi connectivity index (χ0n) is 19.4. The highest BCUT2D eigenvalue weighted by Crippen LogP contribution is 2.28. The maximum Gasteiger partial charge on any atom is 0.411 e. The first-order valence-corrected chi connectivity index (χ1v) is 11.9. The number of hydrogen-bond acceptors (Lipinski definition) is 5. The third-order valence-electron chi connectivity index (χ3n) is 6.57. The average Bonchev–Trinajstić information content (AvgIpc) is 3.14. The number of carbonyl (C=O) groups excluding carboxylic acids is 3. The van der Waals surface area contributed by atoms with Crippen molar-refractivity contribution in [1.82, 2.24) is 9.80 Å². The lowest BCUT2D eigenvalue weighted by Gasteiger charge is -2.32. The van der Waals surface area contributed by atoms with E-state index in [0.29, 0.717) is 42.7 Å². The number of likely N-dealkylation sites (tertiary alicyclic amines) is 1. The summed E-state index contributed by atoms with van der Waals surface area (Å²) >= 11 is 0. The molecule has 5 rings (SSSR count). The summed E-state index contributed by atoms with van der Waals surface area (Å²) in [5.41, 5.74) is 3.62. The van der Waals surface area contributed by atoms with Crippen LogP contribution in [0.1, 0.15) is 33.6 Å². The molecule has 0 aromatic heterocycles. The predicted octanol–water partition coefficient (Wildman–Crippen LogP) is 4.66. The summed E-state index contributed by atoms with van der Waals surface area (Å²) < 4.78 is 5.69. The van der Waals surface area contributed by atoms with Crippen LogP contribution >= 0.6 is 0 Å². The summed E-state index contributed by atoms with van der Waals surface area (Å²) in [6, 6.07) is 24.5. The molecule has 2 aliphatic rings. The van der Waals surface area contributed by atoms with Crippen molar-refractivity contribution in [1.29, 1.82) is 0 Å².